The van der Waals surface area contributed by atoms with E-state index in [2.05, 4.69) is 232 Å². The zero-order valence-corrected chi connectivity index (χ0v) is 39.4. The molecule has 0 saturated heterocycles. The Morgan fingerprint density at radius 2 is 1.28 bits per heavy atom. The monoisotopic (exact) mass is 857 g/mol. The van der Waals surface area contributed by atoms with Crippen molar-refractivity contribution in [3.8, 4) is 0 Å². The minimum absolute atomic E-state index is 0.364. The molecule has 65 heavy (non-hydrogen) atoms. The Hall–Kier alpha value is -6.64. The standard InChI is InChI=1S/C24H25N.C15H17N.C15H20.C9H10/c1-2-20(21-10-5-3-6-11-21)14-9-19-25-24-17-15-23(16-18-24)22-12-7-4-8-13-22;1-2-12-16-15-10-8-14(9-11-15)13-6-4-3-5-7-13;1-15(2,13-9-5-3-6-10-13)14-11-7-4-8-12-14;1-2-6-9-7-4-3-5-8-9/h2-15,17-18,23,25H,16,19H2,1H3;2-10,12,15-16H,11H2,1H3;3-9,11,13-14H,10,12H2,1-2H3;2-5,7-8H,1,6H2/b14-9-,20-2+;12-2+;;. The topological polar surface area (TPSA) is 24.1 Å². The normalized spacial score (nSPS) is 19.7. The minimum atomic E-state index is 0.364. The van der Waals surface area contributed by atoms with Crippen LogP contribution < -0.4 is 10.6 Å². The van der Waals surface area contributed by atoms with Crippen LogP contribution in [0.4, 0.5) is 0 Å². The maximum absolute atomic E-state index is 3.66. The van der Waals surface area contributed by atoms with Gasteiger partial charge in [0.15, 0.2) is 0 Å². The van der Waals surface area contributed by atoms with Crippen molar-refractivity contribution >= 4 is 11.1 Å². The van der Waals surface area contributed by atoms with Gasteiger partial charge in [0.2, 0.25) is 0 Å². The molecule has 0 spiro atoms. The van der Waals surface area contributed by atoms with Crippen molar-refractivity contribution in [1.29, 1.82) is 0 Å². The van der Waals surface area contributed by atoms with Crippen molar-refractivity contribution in [3.05, 3.63) is 278 Å². The Morgan fingerprint density at radius 3 is 1.80 bits per heavy atom. The van der Waals surface area contributed by atoms with E-state index in [1.165, 1.54) is 51.9 Å². The van der Waals surface area contributed by atoms with Crippen LogP contribution in [0.1, 0.15) is 81.5 Å². The number of rotatable bonds is 13. The lowest BCUT2D eigenvalue weighted by molar-refractivity contribution is 0.180. The van der Waals surface area contributed by atoms with Gasteiger partial charge in [0.25, 0.3) is 0 Å². The van der Waals surface area contributed by atoms with E-state index >= 15 is 0 Å². The van der Waals surface area contributed by atoms with Gasteiger partial charge in [0.1, 0.15) is 0 Å². The summed E-state index contributed by atoms with van der Waals surface area (Å²) >= 11 is 0. The molecule has 2 heteroatoms. The summed E-state index contributed by atoms with van der Waals surface area (Å²) in [4.78, 5) is 0. The smallest absolute Gasteiger partial charge is 0.0476 e. The molecular weight excluding hydrogens is 785 g/mol. The van der Waals surface area contributed by atoms with E-state index in [0.29, 0.717) is 29.2 Å². The summed E-state index contributed by atoms with van der Waals surface area (Å²) in [5.41, 5.74) is 9.40. The van der Waals surface area contributed by atoms with E-state index in [-0.39, 0.29) is 0 Å². The molecule has 0 aromatic heterocycles. The van der Waals surface area contributed by atoms with Gasteiger partial charge in [-0.25, -0.2) is 0 Å². The molecule has 2 nitrogen and oxygen atoms in total. The van der Waals surface area contributed by atoms with Crippen LogP contribution in [-0.2, 0) is 6.42 Å². The molecular formula is C63H72N2. The third kappa shape index (κ3) is 17.1. The number of nitrogens with one attached hydrogen (secondary N) is 2. The Balaban J connectivity index is 0.000000173. The minimum Gasteiger partial charge on any atom is -0.385 e. The zero-order chi connectivity index (χ0) is 45.8. The molecule has 0 aliphatic heterocycles. The molecule has 0 heterocycles. The number of allylic oxidation sites excluding steroid dienone is 18. The quantitative estimate of drug-likeness (QED) is 0.103. The Labute approximate surface area is 393 Å². The summed E-state index contributed by atoms with van der Waals surface area (Å²) in [7, 11) is 0. The van der Waals surface area contributed by atoms with Crippen LogP contribution in [0, 0.1) is 17.3 Å². The number of benzene rings is 4. The second-order valence-corrected chi connectivity index (χ2v) is 17.2. The van der Waals surface area contributed by atoms with Gasteiger partial charge >= 0.3 is 0 Å². The molecule has 0 amide bonds. The molecule has 0 fully saturated rings. The molecule has 0 saturated carbocycles. The van der Waals surface area contributed by atoms with Crippen molar-refractivity contribution < 1.29 is 0 Å². The molecule has 8 rings (SSSR count). The van der Waals surface area contributed by atoms with Crippen LogP contribution in [-0.4, -0.2) is 12.6 Å². The lowest BCUT2D eigenvalue weighted by atomic mass is 9.65. The first-order valence-corrected chi connectivity index (χ1v) is 23.6. The second kappa shape index (κ2) is 28.2. The van der Waals surface area contributed by atoms with Gasteiger partial charge in [-0.1, -0.05) is 245 Å². The molecule has 334 valence electrons. The van der Waals surface area contributed by atoms with E-state index in [0.717, 1.165) is 25.8 Å². The molecule has 4 aromatic rings. The van der Waals surface area contributed by atoms with Crippen LogP contribution in [0.5, 0.6) is 0 Å². The van der Waals surface area contributed by atoms with Crippen LogP contribution in [0.25, 0.3) is 11.1 Å². The highest BCUT2D eigenvalue weighted by atomic mass is 14.9. The largest absolute Gasteiger partial charge is 0.385 e. The highest BCUT2D eigenvalue weighted by molar-refractivity contribution is 5.75. The van der Waals surface area contributed by atoms with Crippen LogP contribution in [0.15, 0.2) is 255 Å². The fourth-order valence-electron chi connectivity index (χ4n) is 8.18. The lowest BCUT2D eigenvalue weighted by Crippen LogP contribution is -2.31. The predicted molar refractivity (Wildman–Crippen MR) is 285 cm³/mol. The summed E-state index contributed by atoms with van der Waals surface area (Å²) in [6.45, 7) is 13.4. The van der Waals surface area contributed by atoms with Gasteiger partial charge in [-0.15, -0.1) is 6.58 Å². The third-order valence-electron chi connectivity index (χ3n) is 12.2. The van der Waals surface area contributed by atoms with Crippen LogP contribution >= 0.6 is 0 Å². The highest BCUT2D eigenvalue weighted by Crippen LogP contribution is 2.42. The zero-order valence-electron chi connectivity index (χ0n) is 39.4. The number of hydrogen-bond donors (Lipinski definition) is 2. The summed E-state index contributed by atoms with van der Waals surface area (Å²) in [6, 6.07) is 42.4. The van der Waals surface area contributed by atoms with Crippen molar-refractivity contribution in [2.24, 2.45) is 17.3 Å². The fraction of sp³-hybridized carbons (Fsp3) is 0.238. The maximum Gasteiger partial charge on any atom is 0.0476 e. The van der Waals surface area contributed by atoms with Crippen LogP contribution in [0.2, 0.25) is 0 Å². The van der Waals surface area contributed by atoms with E-state index in [1.54, 1.807) is 0 Å². The summed E-state index contributed by atoms with van der Waals surface area (Å²) in [5.74, 6) is 1.86. The Kier molecular flexibility index (Phi) is 21.4. The molecule has 0 radical (unpaired) electrons. The molecule has 4 aromatic carbocycles. The van der Waals surface area contributed by atoms with Gasteiger partial charge in [0, 0.05) is 24.2 Å². The number of hydrogen-bond acceptors (Lipinski definition) is 2. The van der Waals surface area contributed by atoms with E-state index in [4.69, 9.17) is 0 Å². The van der Waals surface area contributed by atoms with Crippen molar-refractivity contribution in [1.82, 2.24) is 10.6 Å². The van der Waals surface area contributed by atoms with E-state index < -0.39 is 0 Å². The van der Waals surface area contributed by atoms with Crippen molar-refractivity contribution in [3.63, 3.8) is 0 Å². The van der Waals surface area contributed by atoms with E-state index in [9.17, 15) is 0 Å². The molecule has 4 aliphatic rings. The third-order valence-corrected chi connectivity index (χ3v) is 12.2. The molecule has 4 aliphatic carbocycles. The maximum atomic E-state index is 3.66. The SMILES string of the molecule is C/C=C(\C=C/CNC1=CCC(c2ccccc2)C=C1)c1ccccc1.C/C=C/NC1C=CC(c2ccccc2)=CC1.C=CCc1ccccc1.CC(C)(C1C=CC=CC1)C1C=CC=CC1. The first-order valence-electron chi connectivity index (χ1n) is 23.6. The molecule has 4 unspecified atom stereocenters. The van der Waals surface area contributed by atoms with Gasteiger partial charge in [0.05, 0.1) is 0 Å². The van der Waals surface area contributed by atoms with Crippen molar-refractivity contribution in [2.45, 2.75) is 71.8 Å². The molecule has 4 atom stereocenters. The van der Waals surface area contributed by atoms with E-state index in [1.807, 2.05) is 55.6 Å². The summed E-state index contributed by atoms with van der Waals surface area (Å²) < 4.78 is 0. The highest BCUT2D eigenvalue weighted by Gasteiger charge is 2.34. The Bertz CT molecular complexity index is 2290. The lowest BCUT2D eigenvalue weighted by Gasteiger charge is -2.39. The Morgan fingerprint density at radius 1 is 0.662 bits per heavy atom. The summed E-state index contributed by atoms with van der Waals surface area (Å²) in [6.07, 6.45) is 49.4. The summed E-state index contributed by atoms with van der Waals surface area (Å²) in [5, 5.41) is 6.82. The van der Waals surface area contributed by atoms with Crippen LogP contribution in [0.3, 0.4) is 0 Å². The first-order chi connectivity index (χ1) is 31.9. The second-order valence-electron chi connectivity index (χ2n) is 17.2. The van der Waals surface area contributed by atoms with Crippen molar-refractivity contribution in [2.75, 3.05) is 6.54 Å². The molecule has 0 bridgehead atoms. The van der Waals surface area contributed by atoms with Gasteiger partial charge in [-0.3, -0.25) is 0 Å². The first kappa shape index (κ1) is 49.4. The van der Waals surface area contributed by atoms with Gasteiger partial charge in [-0.05, 0) is 109 Å². The van der Waals surface area contributed by atoms with Gasteiger partial charge in [-0.2, -0.15) is 0 Å². The fourth-order valence-corrected chi connectivity index (χ4v) is 8.18. The average molecular weight is 857 g/mol. The molecule has 2 N–H and O–H groups in total. The van der Waals surface area contributed by atoms with Gasteiger partial charge < -0.3 is 10.6 Å². The average Bonchev–Trinajstić information content (AvgIpc) is 3.38. The predicted octanol–water partition coefficient (Wildman–Crippen LogP) is 16.1.